The number of carbonyl (C=O) groups is 1. The molecule has 0 atom stereocenters. The molecular formula is C15H12O4. The summed E-state index contributed by atoms with van der Waals surface area (Å²) in [6.45, 7) is 0. The second-order valence-corrected chi connectivity index (χ2v) is 3.85. The first-order chi connectivity index (χ1) is 9.13. The summed E-state index contributed by atoms with van der Waals surface area (Å²) >= 11 is 0. The minimum absolute atomic E-state index is 0.0835. The molecule has 4 nitrogen and oxygen atoms in total. The van der Waals surface area contributed by atoms with Crippen LogP contribution in [0.2, 0.25) is 0 Å². The Balaban J connectivity index is 2.03. The zero-order chi connectivity index (χ0) is 13.7. The molecule has 4 heteroatoms. The van der Waals surface area contributed by atoms with Gasteiger partial charge in [-0.25, -0.2) is 4.79 Å². The molecule has 0 radical (unpaired) electrons. The number of benzene rings is 2. The van der Waals surface area contributed by atoms with Crippen LogP contribution in [0.4, 0.5) is 0 Å². The molecule has 2 rings (SSSR count). The maximum Gasteiger partial charge on any atom is 0.336 e. The number of aromatic hydroxyl groups is 2. The Kier molecular flexibility index (Phi) is 3.83. The molecule has 2 N–H and O–H groups in total. The molecule has 0 aliphatic rings. The third-order valence-corrected chi connectivity index (χ3v) is 2.31. The SMILES string of the molecule is O=C(/C=C/c1ccccc1)Oc1cc(O)cc(O)c1. The molecule has 0 saturated carbocycles. The van der Waals surface area contributed by atoms with Crippen LogP contribution in [-0.2, 0) is 4.79 Å². The van der Waals surface area contributed by atoms with Gasteiger partial charge in [0.05, 0.1) is 0 Å². The largest absolute Gasteiger partial charge is 0.508 e. The maximum absolute atomic E-state index is 11.5. The van der Waals surface area contributed by atoms with Crippen molar-refractivity contribution in [2.45, 2.75) is 0 Å². The number of hydrogen-bond donors (Lipinski definition) is 2. The molecule has 0 heterocycles. The van der Waals surface area contributed by atoms with Crippen molar-refractivity contribution in [1.82, 2.24) is 0 Å². The van der Waals surface area contributed by atoms with Gasteiger partial charge in [-0.3, -0.25) is 0 Å². The van der Waals surface area contributed by atoms with E-state index >= 15 is 0 Å². The monoisotopic (exact) mass is 256 g/mol. The summed E-state index contributed by atoms with van der Waals surface area (Å²) in [4.78, 5) is 11.5. The lowest BCUT2D eigenvalue weighted by atomic mass is 10.2. The fraction of sp³-hybridized carbons (Fsp3) is 0. The first-order valence-electron chi connectivity index (χ1n) is 5.61. The fourth-order valence-corrected chi connectivity index (χ4v) is 1.51. The van der Waals surface area contributed by atoms with E-state index in [0.717, 1.165) is 11.6 Å². The molecule has 0 spiro atoms. The number of phenols is 2. The average Bonchev–Trinajstić information content (AvgIpc) is 2.36. The highest BCUT2D eigenvalue weighted by Gasteiger charge is 2.04. The normalized spacial score (nSPS) is 10.5. The smallest absolute Gasteiger partial charge is 0.336 e. The van der Waals surface area contributed by atoms with E-state index in [-0.39, 0.29) is 17.2 Å². The lowest BCUT2D eigenvalue weighted by molar-refractivity contribution is -0.128. The van der Waals surface area contributed by atoms with Crippen molar-refractivity contribution >= 4 is 12.0 Å². The Morgan fingerprint density at radius 3 is 2.26 bits per heavy atom. The molecule has 19 heavy (non-hydrogen) atoms. The van der Waals surface area contributed by atoms with Gasteiger partial charge in [-0.2, -0.15) is 0 Å². The van der Waals surface area contributed by atoms with Gasteiger partial charge in [-0.05, 0) is 11.6 Å². The lowest BCUT2D eigenvalue weighted by Gasteiger charge is -2.02. The molecule has 2 aromatic carbocycles. The second-order valence-electron chi connectivity index (χ2n) is 3.85. The molecule has 0 aliphatic heterocycles. The van der Waals surface area contributed by atoms with E-state index in [4.69, 9.17) is 4.74 Å². The molecule has 0 bridgehead atoms. The Morgan fingerprint density at radius 2 is 1.63 bits per heavy atom. The van der Waals surface area contributed by atoms with Crippen molar-refractivity contribution in [3.63, 3.8) is 0 Å². The van der Waals surface area contributed by atoms with Crippen LogP contribution in [0.15, 0.2) is 54.6 Å². The Morgan fingerprint density at radius 1 is 1.00 bits per heavy atom. The highest BCUT2D eigenvalue weighted by Crippen LogP contribution is 2.25. The van der Waals surface area contributed by atoms with E-state index in [1.54, 1.807) is 6.08 Å². The van der Waals surface area contributed by atoms with Gasteiger partial charge in [0.1, 0.15) is 17.2 Å². The number of rotatable bonds is 3. The van der Waals surface area contributed by atoms with Crippen LogP contribution in [0.25, 0.3) is 6.08 Å². The van der Waals surface area contributed by atoms with Crippen molar-refractivity contribution in [2.75, 3.05) is 0 Å². The zero-order valence-corrected chi connectivity index (χ0v) is 9.98. The number of phenolic OH excluding ortho intramolecular Hbond substituents is 2. The van der Waals surface area contributed by atoms with Crippen LogP contribution >= 0.6 is 0 Å². The predicted octanol–water partition coefficient (Wildman–Crippen LogP) is 2.72. The van der Waals surface area contributed by atoms with Crippen LogP contribution in [0, 0.1) is 0 Å². The molecule has 2 aromatic rings. The minimum Gasteiger partial charge on any atom is -0.508 e. The van der Waals surface area contributed by atoms with Crippen molar-refractivity contribution in [1.29, 1.82) is 0 Å². The Bertz CT molecular complexity index is 583. The van der Waals surface area contributed by atoms with Gasteiger partial charge >= 0.3 is 5.97 Å². The van der Waals surface area contributed by atoms with Crippen LogP contribution in [0.1, 0.15) is 5.56 Å². The van der Waals surface area contributed by atoms with Crippen LogP contribution in [0.5, 0.6) is 17.2 Å². The van der Waals surface area contributed by atoms with E-state index in [2.05, 4.69) is 0 Å². The summed E-state index contributed by atoms with van der Waals surface area (Å²) in [7, 11) is 0. The number of carbonyl (C=O) groups excluding carboxylic acids is 1. The first kappa shape index (κ1) is 12.7. The van der Waals surface area contributed by atoms with Crippen molar-refractivity contribution in [2.24, 2.45) is 0 Å². The summed E-state index contributed by atoms with van der Waals surface area (Å²) in [5.41, 5.74) is 0.873. The minimum atomic E-state index is -0.589. The first-order valence-corrected chi connectivity index (χ1v) is 5.61. The van der Waals surface area contributed by atoms with Crippen LogP contribution in [-0.4, -0.2) is 16.2 Å². The third-order valence-electron chi connectivity index (χ3n) is 2.31. The second kappa shape index (κ2) is 5.73. The van der Waals surface area contributed by atoms with E-state index in [1.807, 2.05) is 30.3 Å². The van der Waals surface area contributed by atoms with Crippen molar-refractivity contribution < 1.29 is 19.7 Å². The fourth-order valence-electron chi connectivity index (χ4n) is 1.51. The topological polar surface area (TPSA) is 66.8 Å². The number of hydrogen-bond acceptors (Lipinski definition) is 4. The summed E-state index contributed by atoms with van der Waals surface area (Å²) in [5.74, 6) is -0.848. The standard InChI is InChI=1S/C15H12O4/c16-12-8-13(17)10-14(9-12)19-15(18)7-6-11-4-2-1-3-5-11/h1-10,16-17H/b7-6+. The van der Waals surface area contributed by atoms with E-state index < -0.39 is 5.97 Å². The van der Waals surface area contributed by atoms with Gasteiger partial charge in [-0.1, -0.05) is 30.3 Å². The summed E-state index contributed by atoms with van der Waals surface area (Å²) in [6, 6.07) is 12.9. The molecule has 0 fully saturated rings. The van der Waals surface area contributed by atoms with Gasteiger partial charge in [0, 0.05) is 24.3 Å². The van der Waals surface area contributed by atoms with Gasteiger partial charge < -0.3 is 14.9 Å². The van der Waals surface area contributed by atoms with Crippen molar-refractivity contribution in [3.05, 3.63) is 60.2 Å². The van der Waals surface area contributed by atoms with Gasteiger partial charge in [0.15, 0.2) is 0 Å². The molecule has 0 saturated heterocycles. The summed E-state index contributed by atoms with van der Waals surface area (Å²) in [5, 5.41) is 18.5. The van der Waals surface area contributed by atoms with E-state index in [0.29, 0.717) is 0 Å². The molecule has 0 aliphatic carbocycles. The summed E-state index contributed by atoms with van der Waals surface area (Å²) in [6.07, 6.45) is 2.89. The van der Waals surface area contributed by atoms with E-state index in [1.165, 1.54) is 18.2 Å². The van der Waals surface area contributed by atoms with Gasteiger partial charge in [-0.15, -0.1) is 0 Å². The lowest BCUT2D eigenvalue weighted by Crippen LogP contribution is -2.03. The average molecular weight is 256 g/mol. The molecular weight excluding hydrogens is 244 g/mol. The number of esters is 1. The predicted molar refractivity (Wildman–Crippen MR) is 70.9 cm³/mol. The zero-order valence-electron chi connectivity index (χ0n) is 9.98. The van der Waals surface area contributed by atoms with Crippen LogP contribution in [0.3, 0.4) is 0 Å². The quantitative estimate of drug-likeness (QED) is 0.503. The molecule has 0 amide bonds. The summed E-state index contributed by atoms with van der Waals surface area (Å²) < 4.78 is 4.95. The number of ether oxygens (including phenoxy) is 1. The third kappa shape index (κ3) is 3.89. The van der Waals surface area contributed by atoms with Gasteiger partial charge in [0.25, 0.3) is 0 Å². The Labute approximate surface area is 110 Å². The maximum atomic E-state index is 11.5. The highest BCUT2D eigenvalue weighted by atomic mass is 16.5. The van der Waals surface area contributed by atoms with Gasteiger partial charge in [0.2, 0.25) is 0 Å². The highest BCUT2D eigenvalue weighted by molar-refractivity contribution is 5.88. The van der Waals surface area contributed by atoms with E-state index in [9.17, 15) is 15.0 Å². The van der Waals surface area contributed by atoms with Crippen LogP contribution < -0.4 is 4.74 Å². The molecule has 0 aromatic heterocycles. The van der Waals surface area contributed by atoms with Crippen molar-refractivity contribution in [3.8, 4) is 17.2 Å². The molecule has 0 unspecified atom stereocenters. The molecule has 96 valence electrons. The Hall–Kier alpha value is -2.75.